The molecule has 0 spiro atoms. The van der Waals surface area contributed by atoms with E-state index in [0.717, 1.165) is 0 Å². The molecule has 1 aromatic carbocycles. The van der Waals surface area contributed by atoms with E-state index in [1.54, 1.807) is 38.1 Å². The highest BCUT2D eigenvalue weighted by Crippen LogP contribution is 2.18. The van der Waals surface area contributed by atoms with Crippen LogP contribution in [0.5, 0.6) is 5.75 Å². The molecule has 100 valence electrons. The van der Waals surface area contributed by atoms with Crippen LogP contribution in [0.2, 0.25) is 0 Å². The summed E-state index contributed by atoms with van der Waals surface area (Å²) in [6, 6.07) is 6.04. The van der Waals surface area contributed by atoms with Gasteiger partial charge in [0.05, 0.1) is 6.10 Å². The number of ether oxygens (including phenoxy) is 2. The highest BCUT2D eigenvalue weighted by molar-refractivity contribution is 5.35. The number of hydrogen-bond donors (Lipinski definition) is 1. The van der Waals surface area contributed by atoms with Crippen LogP contribution in [-0.4, -0.2) is 36.0 Å². The quantitative estimate of drug-likeness (QED) is 0.364. The van der Waals surface area contributed by atoms with Gasteiger partial charge in [-0.3, -0.25) is 0 Å². The van der Waals surface area contributed by atoms with Crippen molar-refractivity contribution in [2.45, 2.75) is 26.0 Å². The van der Waals surface area contributed by atoms with Gasteiger partial charge < -0.3 is 19.8 Å². The van der Waals surface area contributed by atoms with E-state index in [1.165, 1.54) is 7.11 Å². The Morgan fingerprint density at radius 2 is 1.94 bits per heavy atom. The topological polar surface area (TPSA) is 77.1 Å². The van der Waals surface area contributed by atoms with E-state index >= 15 is 0 Å². The average molecular weight is 254 g/mol. The van der Waals surface area contributed by atoms with Crippen molar-refractivity contribution in [3.8, 4) is 5.75 Å². The van der Waals surface area contributed by atoms with Crippen LogP contribution in [0.3, 0.4) is 0 Å². The van der Waals surface area contributed by atoms with Gasteiger partial charge in [-0.05, 0) is 31.1 Å². The van der Waals surface area contributed by atoms with Gasteiger partial charge in [0, 0.05) is 19.2 Å². The van der Waals surface area contributed by atoms with Crippen molar-refractivity contribution in [2.24, 2.45) is 5.11 Å². The second-order valence-electron chi connectivity index (χ2n) is 3.91. The summed E-state index contributed by atoms with van der Waals surface area (Å²) in [5.74, 6) is 0.609. The second kappa shape index (κ2) is 6.93. The molecule has 0 heterocycles. The van der Waals surface area contributed by atoms with Crippen molar-refractivity contribution in [3.63, 3.8) is 0 Å². The number of azo groups is 1. The van der Waals surface area contributed by atoms with E-state index in [-0.39, 0.29) is 6.79 Å². The Kier molecular flexibility index (Phi) is 5.54. The molecule has 2 unspecified atom stereocenters. The Balaban J connectivity index is 2.72. The summed E-state index contributed by atoms with van der Waals surface area (Å²) in [7, 11) is 1.53. The summed E-state index contributed by atoms with van der Waals surface area (Å²) in [5.41, 5.74) is 0.382. The smallest absolute Gasteiger partial charge is 0.244 e. The predicted octanol–water partition coefficient (Wildman–Crippen LogP) is 2.03. The lowest BCUT2D eigenvalue weighted by Crippen LogP contribution is -2.18. The van der Waals surface area contributed by atoms with Crippen LogP contribution >= 0.6 is 0 Å². The normalized spacial score (nSPS) is 15.2. The minimum atomic E-state index is -0.661. The molecule has 0 amide bonds. The molecule has 6 heteroatoms. The van der Waals surface area contributed by atoms with E-state index < -0.39 is 12.1 Å². The van der Waals surface area contributed by atoms with Crippen LogP contribution < -0.4 is 4.74 Å². The zero-order valence-corrected chi connectivity index (χ0v) is 10.7. The second-order valence-corrected chi connectivity index (χ2v) is 3.91. The van der Waals surface area contributed by atoms with Gasteiger partial charge >= 0.3 is 0 Å². The number of methoxy groups -OCH3 is 1. The van der Waals surface area contributed by atoms with Gasteiger partial charge in [0.25, 0.3) is 0 Å². The zero-order valence-electron chi connectivity index (χ0n) is 10.7. The van der Waals surface area contributed by atoms with Crippen molar-refractivity contribution in [1.82, 2.24) is 0 Å². The number of hydrogen-bond acceptors (Lipinski definition) is 5. The van der Waals surface area contributed by atoms with Crippen LogP contribution in [0.1, 0.15) is 13.8 Å². The molecule has 0 radical (unpaired) electrons. The third-order valence-corrected chi connectivity index (χ3v) is 2.39. The van der Waals surface area contributed by atoms with Crippen molar-refractivity contribution in [1.29, 1.82) is 0 Å². The van der Waals surface area contributed by atoms with Gasteiger partial charge in [-0.25, -0.2) is 0 Å². The minimum Gasteiger partial charge on any atom is -0.594 e. The molecule has 0 aliphatic carbocycles. The Bertz CT molecular complexity index is 390. The number of rotatable bonds is 6. The molecule has 0 saturated heterocycles. The highest BCUT2D eigenvalue weighted by Gasteiger charge is 2.12. The summed E-state index contributed by atoms with van der Waals surface area (Å²) in [5, 5.41) is 24.7. The summed E-state index contributed by atoms with van der Waals surface area (Å²) in [6.07, 6.45) is -0.661. The summed E-state index contributed by atoms with van der Waals surface area (Å²) < 4.78 is 9.96. The minimum absolute atomic E-state index is 0.157. The molecule has 0 aromatic heterocycles. The third-order valence-electron chi connectivity index (χ3n) is 2.39. The van der Waals surface area contributed by atoms with Gasteiger partial charge in [-0.2, -0.15) is 0 Å². The molecule has 1 rings (SSSR count). The molecule has 1 N–H and O–H groups in total. The summed E-state index contributed by atoms with van der Waals surface area (Å²) in [6.45, 7) is 3.42. The Hall–Kier alpha value is -1.66. The van der Waals surface area contributed by atoms with Crippen LogP contribution in [0, 0.1) is 5.21 Å². The van der Waals surface area contributed by atoms with Crippen molar-refractivity contribution < 1.29 is 19.4 Å². The van der Waals surface area contributed by atoms with Crippen LogP contribution in [-0.2, 0) is 4.74 Å². The first kappa shape index (κ1) is 14.4. The molecule has 0 aliphatic heterocycles. The number of aliphatic hydroxyl groups excluding tert-OH is 1. The van der Waals surface area contributed by atoms with E-state index in [0.29, 0.717) is 16.3 Å². The average Bonchev–Trinajstić information content (AvgIpc) is 2.36. The zero-order chi connectivity index (χ0) is 13.5. The molecular weight excluding hydrogens is 236 g/mol. The fourth-order valence-corrected chi connectivity index (χ4v) is 1.13. The maximum Gasteiger partial charge on any atom is 0.244 e. The summed E-state index contributed by atoms with van der Waals surface area (Å²) >= 11 is 0. The Labute approximate surface area is 106 Å². The largest absolute Gasteiger partial charge is 0.594 e. The van der Waals surface area contributed by atoms with Gasteiger partial charge in [0.1, 0.15) is 11.8 Å². The fourth-order valence-electron chi connectivity index (χ4n) is 1.13. The van der Waals surface area contributed by atoms with E-state index in [2.05, 4.69) is 5.11 Å². The van der Waals surface area contributed by atoms with E-state index in [1.807, 2.05) is 0 Å². The van der Waals surface area contributed by atoms with Crippen molar-refractivity contribution in [3.05, 3.63) is 29.5 Å². The lowest BCUT2D eigenvalue weighted by Gasteiger charge is -2.08. The standard InChI is InChI=1S/C12H18N2O4/c1-9(10(2)15)13-14(16)11-4-6-12(7-5-11)18-8-17-3/h4-7,9-10,15H,8H2,1-3H3. The SMILES string of the molecule is COCOc1ccc([N+]([O-])=NC(C)C(C)O)cc1. The fraction of sp³-hybridized carbons (Fsp3) is 0.500. The number of nitrogens with zero attached hydrogens (tertiary/aromatic N) is 2. The monoisotopic (exact) mass is 254 g/mol. The third kappa shape index (κ3) is 4.31. The molecule has 6 nitrogen and oxygen atoms in total. The first-order valence-corrected chi connectivity index (χ1v) is 5.62. The van der Waals surface area contributed by atoms with Crippen LogP contribution in [0.15, 0.2) is 29.4 Å². The first-order chi connectivity index (χ1) is 8.54. The van der Waals surface area contributed by atoms with Crippen molar-refractivity contribution >= 4 is 5.69 Å². The Morgan fingerprint density at radius 3 is 2.44 bits per heavy atom. The van der Waals surface area contributed by atoms with E-state index in [4.69, 9.17) is 9.47 Å². The highest BCUT2D eigenvalue weighted by atomic mass is 16.7. The molecule has 0 bridgehead atoms. The van der Waals surface area contributed by atoms with Crippen molar-refractivity contribution in [2.75, 3.05) is 13.9 Å². The molecular formula is C12H18N2O4. The van der Waals surface area contributed by atoms with Gasteiger partial charge in [0.2, 0.25) is 5.69 Å². The summed E-state index contributed by atoms with van der Waals surface area (Å²) in [4.78, 5) is 0.498. The van der Waals surface area contributed by atoms with Gasteiger partial charge in [-0.1, -0.05) is 4.86 Å². The van der Waals surface area contributed by atoms with Gasteiger partial charge in [-0.15, -0.1) is 0 Å². The van der Waals surface area contributed by atoms with Crippen LogP contribution in [0.4, 0.5) is 5.69 Å². The van der Waals surface area contributed by atoms with Crippen LogP contribution in [0.25, 0.3) is 0 Å². The maximum atomic E-state index is 11.7. The molecule has 18 heavy (non-hydrogen) atoms. The predicted molar refractivity (Wildman–Crippen MR) is 65.8 cm³/mol. The van der Waals surface area contributed by atoms with Gasteiger partial charge in [0.15, 0.2) is 6.79 Å². The maximum absolute atomic E-state index is 11.7. The lowest BCUT2D eigenvalue weighted by molar-refractivity contribution is -0.447. The Morgan fingerprint density at radius 1 is 1.33 bits per heavy atom. The number of aliphatic hydroxyl groups is 1. The molecule has 1 aromatic rings. The molecule has 0 saturated carbocycles. The lowest BCUT2D eigenvalue weighted by atomic mass is 10.2. The molecule has 0 aliphatic rings. The van der Waals surface area contributed by atoms with E-state index in [9.17, 15) is 10.3 Å². The molecule has 2 atom stereocenters. The number of benzene rings is 1. The first-order valence-electron chi connectivity index (χ1n) is 5.62. The molecule has 0 fully saturated rings.